The van der Waals surface area contributed by atoms with Gasteiger partial charge in [-0.25, -0.2) is 0 Å². The average Bonchev–Trinajstić information content (AvgIpc) is 3.39. The monoisotopic (exact) mass is 371 g/mol. The van der Waals surface area contributed by atoms with Gasteiger partial charge in [0, 0.05) is 49.3 Å². The fourth-order valence-electron chi connectivity index (χ4n) is 8.48. The van der Waals surface area contributed by atoms with E-state index in [9.17, 15) is 0 Å². The molecule has 3 heteroatoms. The first-order chi connectivity index (χ1) is 13.3. The van der Waals surface area contributed by atoms with Gasteiger partial charge in [-0.1, -0.05) is 6.42 Å². The van der Waals surface area contributed by atoms with E-state index < -0.39 is 0 Å². The Morgan fingerprint density at radius 2 is 1.56 bits per heavy atom. The van der Waals surface area contributed by atoms with Crippen LogP contribution in [0, 0.1) is 11.8 Å². The van der Waals surface area contributed by atoms with Crippen molar-refractivity contribution < 1.29 is 0 Å². The van der Waals surface area contributed by atoms with E-state index >= 15 is 0 Å². The third kappa shape index (κ3) is 3.02. The number of piperidine rings is 1. The SMILES string of the molecule is CC1CCC2CC(CC3CCC4C(CC5CCC6CCCCN65)CN34)CN12. The lowest BCUT2D eigenvalue weighted by atomic mass is 9.83. The highest BCUT2D eigenvalue weighted by atomic mass is 15.3. The molecule has 6 aliphatic heterocycles. The molecule has 0 aromatic carbocycles. The summed E-state index contributed by atoms with van der Waals surface area (Å²) in [6, 6.07) is 5.65. The van der Waals surface area contributed by atoms with Crippen LogP contribution in [0.3, 0.4) is 0 Å². The summed E-state index contributed by atoms with van der Waals surface area (Å²) >= 11 is 0. The molecule has 8 unspecified atom stereocenters. The zero-order valence-corrected chi connectivity index (χ0v) is 17.6. The van der Waals surface area contributed by atoms with Gasteiger partial charge >= 0.3 is 0 Å². The molecule has 6 saturated heterocycles. The lowest BCUT2D eigenvalue weighted by Gasteiger charge is -2.49. The molecule has 0 aromatic heterocycles. The standard InChI is InChI=1S/C24H41N3/c1-17-5-6-21-12-18(15-26(17)21)13-22-9-10-24-19(16-27(22)24)14-23-8-7-20-4-2-3-11-25(20)23/h17-24H,2-16H2,1H3. The maximum Gasteiger partial charge on any atom is 0.0140 e. The lowest BCUT2D eigenvalue weighted by Crippen LogP contribution is -2.57. The number of hydrogen-bond donors (Lipinski definition) is 0. The molecule has 6 heterocycles. The third-order valence-electron chi connectivity index (χ3n) is 9.86. The Kier molecular flexibility index (Phi) is 4.58. The van der Waals surface area contributed by atoms with E-state index in [1.165, 1.54) is 96.7 Å². The molecule has 6 rings (SSSR count). The van der Waals surface area contributed by atoms with Crippen molar-refractivity contribution in [2.45, 2.75) is 120 Å². The smallest absolute Gasteiger partial charge is 0.0140 e. The lowest BCUT2D eigenvalue weighted by molar-refractivity contribution is -0.00559. The van der Waals surface area contributed by atoms with Crippen LogP contribution in [0.5, 0.6) is 0 Å². The maximum absolute atomic E-state index is 2.96. The number of hydrogen-bond acceptors (Lipinski definition) is 3. The largest absolute Gasteiger partial charge is 0.297 e. The minimum absolute atomic E-state index is 0.870. The second-order valence-electron chi connectivity index (χ2n) is 11.2. The first-order valence-corrected chi connectivity index (χ1v) is 12.5. The van der Waals surface area contributed by atoms with Gasteiger partial charge in [-0.2, -0.15) is 0 Å². The minimum Gasteiger partial charge on any atom is -0.297 e. The van der Waals surface area contributed by atoms with E-state index in [1.807, 2.05) is 0 Å². The van der Waals surface area contributed by atoms with E-state index in [0.29, 0.717) is 0 Å². The average molecular weight is 372 g/mol. The second kappa shape index (κ2) is 6.99. The first kappa shape index (κ1) is 17.7. The summed E-state index contributed by atoms with van der Waals surface area (Å²) in [6.45, 7) is 6.74. The zero-order chi connectivity index (χ0) is 18.0. The predicted octanol–water partition coefficient (Wildman–Crippen LogP) is 4.12. The summed E-state index contributed by atoms with van der Waals surface area (Å²) in [5, 5.41) is 0. The quantitative estimate of drug-likeness (QED) is 0.736. The molecular formula is C24H41N3. The molecule has 3 nitrogen and oxygen atoms in total. The Balaban J connectivity index is 1.01. The molecule has 6 aliphatic rings. The Morgan fingerprint density at radius 3 is 2.48 bits per heavy atom. The molecule has 0 aromatic rings. The fraction of sp³-hybridized carbons (Fsp3) is 1.00. The van der Waals surface area contributed by atoms with Gasteiger partial charge in [-0.15, -0.1) is 0 Å². The van der Waals surface area contributed by atoms with Crippen molar-refractivity contribution in [1.82, 2.24) is 14.7 Å². The summed E-state index contributed by atoms with van der Waals surface area (Å²) in [5.41, 5.74) is 0. The van der Waals surface area contributed by atoms with Gasteiger partial charge in [0.25, 0.3) is 0 Å². The molecule has 0 amide bonds. The van der Waals surface area contributed by atoms with Gasteiger partial charge < -0.3 is 0 Å². The Bertz CT molecular complexity index is 550. The van der Waals surface area contributed by atoms with E-state index in [4.69, 9.17) is 0 Å². The first-order valence-electron chi connectivity index (χ1n) is 12.5. The van der Waals surface area contributed by atoms with Gasteiger partial charge in [-0.3, -0.25) is 14.7 Å². The van der Waals surface area contributed by atoms with Crippen LogP contribution < -0.4 is 0 Å². The molecule has 0 saturated carbocycles. The highest BCUT2D eigenvalue weighted by Crippen LogP contribution is 2.46. The second-order valence-corrected chi connectivity index (χ2v) is 11.2. The van der Waals surface area contributed by atoms with Crippen LogP contribution in [0.1, 0.15) is 84.0 Å². The van der Waals surface area contributed by atoms with Crippen molar-refractivity contribution in [1.29, 1.82) is 0 Å². The van der Waals surface area contributed by atoms with Crippen molar-refractivity contribution in [2.75, 3.05) is 19.6 Å². The Labute approximate surface area is 166 Å². The minimum atomic E-state index is 0.870. The molecule has 0 radical (unpaired) electrons. The molecule has 152 valence electrons. The summed E-state index contributed by atoms with van der Waals surface area (Å²) in [6.07, 6.45) is 18.0. The van der Waals surface area contributed by atoms with E-state index in [0.717, 1.165) is 48.1 Å². The molecule has 0 bridgehead atoms. The van der Waals surface area contributed by atoms with Crippen LogP contribution in [0.15, 0.2) is 0 Å². The van der Waals surface area contributed by atoms with E-state index in [2.05, 4.69) is 21.6 Å². The van der Waals surface area contributed by atoms with Crippen LogP contribution in [-0.4, -0.2) is 70.6 Å². The molecule has 8 atom stereocenters. The molecule has 27 heavy (non-hydrogen) atoms. The van der Waals surface area contributed by atoms with Gasteiger partial charge in [0.05, 0.1) is 0 Å². The maximum atomic E-state index is 2.96. The predicted molar refractivity (Wildman–Crippen MR) is 111 cm³/mol. The van der Waals surface area contributed by atoms with E-state index in [1.54, 1.807) is 0 Å². The molecular weight excluding hydrogens is 330 g/mol. The molecule has 0 spiro atoms. The van der Waals surface area contributed by atoms with Gasteiger partial charge in [-0.05, 0) is 95.9 Å². The van der Waals surface area contributed by atoms with Crippen molar-refractivity contribution >= 4 is 0 Å². The number of fused-ring (bicyclic) bond motifs is 3. The molecule has 0 aliphatic carbocycles. The normalized spacial score (nSPS) is 50.6. The van der Waals surface area contributed by atoms with Crippen molar-refractivity contribution in [3.05, 3.63) is 0 Å². The zero-order valence-electron chi connectivity index (χ0n) is 17.6. The van der Waals surface area contributed by atoms with Crippen molar-refractivity contribution in [3.8, 4) is 0 Å². The van der Waals surface area contributed by atoms with Crippen molar-refractivity contribution in [3.63, 3.8) is 0 Å². The fourth-order valence-corrected chi connectivity index (χ4v) is 8.48. The topological polar surface area (TPSA) is 9.72 Å². The summed E-state index contributed by atoms with van der Waals surface area (Å²) in [7, 11) is 0. The van der Waals surface area contributed by atoms with E-state index in [-0.39, 0.29) is 0 Å². The highest BCUT2D eigenvalue weighted by Gasteiger charge is 2.50. The van der Waals surface area contributed by atoms with Gasteiger partial charge in [0.1, 0.15) is 0 Å². The van der Waals surface area contributed by atoms with Crippen molar-refractivity contribution in [2.24, 2.45) is 11.8 Å². The third-order valence-corrected chi connectivity index (χ3v) is 9.86. The van der Waals surface area contributed by atoms with Crippen LogP contribution in [-0.2, 0) is 0 Å². The van der Waals surface area contributed by atoms with Gasteiger partial charge in [0.2, 0.25) is 0 Å². The van der Waals surface area contributed by atoms with Crippen LogP contribution in [0.4, 0.5) is 0 Å². The van der Waals surface area contributed by atoms with Crippen LogP contribution in [0.25, 0.3) is 0 Å². The summed E-state index contributed by atoms with van der Waals surface area (Å²) in [4.78, 5) is 8.75. The van der Waals surface area contributed by atoms with Crippen LogP contribution >= 0.6 is 0 Å². The number of nitrogens with zero attached hydrogens (tertiary/aromatic N) is 3. The molecule has 6 fully saturated rings. The number of rotatable bonds is 4. The highest BCUT2D eigenvalue weighted by molar-refractivity contribution is 5.05. The molecule has 0 N–H and O–H groups in total. The Morgan fingerprint density at radius 1 is 0.704 bits per heavy atom. The Hall–Kier alpha value is -0.120. The summed E-state index contributed by atoms with van der Waals surface area (Å²) < 4.78 is 0. The van der Waals surface area contributed by atoms with Crippen LogP contribution in [0.2, 0.25) is 0 Å². The summed E-state index contributed by atoms with van der Waals surface area (Å²) in [5.74, 6) is 2.04. The van der Waals surface area contributed by atoms with Gasteiger partial charge in [0.15, 0.2) is 0 Å².